The van der Waals surface area contributed by atoms with E-state index in [0.29, 0.717) is 6.54 Å². The summed E-state index contributed by atoms with van der Waals surface area (Å²) in [4.78, 5) is 14.2. The van der Waals surface area contributed by atoms with Gasteiger partial charge in [-0.2, -0.15) is 0 Å². The van der Waals surface area contributed by atoms with Crippen LogP contribution in [0.1, 0.15) is 32.8 Å². The van der Waals surface area contributed by atoms with Gasteiger partial charge < -0.3 is 19.5 Å². The van der Waals surface area contributed by atoms with Gasteiger partial charge in [0.1, 0.15) is 17.1 Å². The van der Waals surface area contributed by atoms with Gasteiger partial charge in [0.15, 0.2) is 0 Å². The molecule has 25 heavy (non-hydrogen) atoms. The summed E-state index contributed by atoms with van der Waals surface area (Å²) in [6.07, 6.45) is 0.526. The van der Waals surface area contributed by atoms with Gasteiger partial charge in [-0.05, 0) is 39.3 Å². The molecule has 2 rings (SSSR count). The fourth-order valence-corrected chi connectivity index (χ4v) is 3.32. The van der Waals surface area contributed by atoms with Gasteiger partial charge in [0, 0.05) is 30.1 Å². The van der Waals surface area contributed by atoms with Crippen LogP contribution in [-0.4, -0.2) is 49.9 Å². The van der Waals surface area contributed by atoms with Crippen LogP contribution in [0.3, 0.4) is 0 Å². The van der Waals surface area contributed by atoms with Gasteiger partial charge >= 0.3 is 6.09 Å². The maximum absolute atomic E-state index is 11.9. The molecule has 0 aromatic heterocycles. The van der Waals surface area contributed by atoms with Crippen LogP contribution < -0.4 is 14.8 Å². The van der Waals surface area contributed by atoms with Gasteiger partial charge in [-0.1, -0.05) is 15.9 Å². The highest BCUT2D eigenvalue weighted by Gasteiger charge is 2.27. The summed E-state index contributed by atoms with van der Waals surface area (Å²) in [7, 11) is 3.31. The van der Waals surface area contributed by atoms with E-state index in [4.69, 9.17) is 14.2 Å². The lowest BCUT2D eigenvalue weighted by Crippen LogP contribution is -2.40. The van der Waals surface area contributed by atoms with E-state index in [1.807, 2.05) is 32.9 Å². The number of alkyl carbamates (subject to hydrolysis) is 1. The van der Waals surface area contributed by atoms with Crippen LogP contribution in [-0.2, 0) is 11.3 Å². The molecule has 1 unspecified atom stereocenters. The molecule has 0 saturated carbocycles. The summed E-state index contributed by atoms with van der Waals surface area (Å²) in [5.41, 5.74) is 0.520. The average molecular weight is 415 g/mol. The predicted octanol–water partition coefficient (Wildman–Crippen LogP) is 3.57. The third-order valence-electron chi connectivity index (χ3n) is 3.95. The number of nitrogens with one attached hydrogen (secondary N) is 1. The summed E-state index contributed by atoms with van der Waals surface area (Å²) in [6, 6.07) is 3.96. The second kappa shape index (κ2) is 8.27. The molecule has 1 N–H and O–H groups in total. The highest BCUT2D eigenvalue weighted by molar-refractivity contribution is 9.10. The second-order valence-corrected chi connectivity index (χ2v) is 8.07. The normalized spacial score (nSPS) is 18.1. The van der Waals surface area contributed by atoms with Crippen LogP contribution >= 0.6 is 15.9 Å². The Morgan fingerprint density at radius 3 is 2.40 bits per heavy atom. The van der Waals surface area contributed by atoms with Crippen molar-refractivity contribution in [3.8, 4) is 11.5 Å². The van der Waals surface area contributed by atoms with Crippen molar-refractivity contribution in [2.45, 2.75) is 45.4 Å². The molecule has 1 amide bonds. The Bertz CT molecular complexity index is 591. The van der Waals surface area contributed by atoms with Crippen molar-refractivity contribution in [2.75, 3.05) is 27.3 Å². The number of benzene rings is 1. The number of methoxy groups -OCH3 is 2. The molecule has 0 spiro atoms. The summed E-state index contributed by atoms with van der Waals surface area (Å²) in [5, 5.41) is 2.94. The fraction of sp³-hybridized carbons (Fsp3) is 0.611. The van der Waals surface area contributed by atoms with Crippen molar-refractivity contribution in [3.63, 3.8) is 0 Å². The number of halogens is 1. The quantitative estimate of drug-likeness (QED) is 0.797. The fourth-order valence-electron chi connectivity index (χ4n) is 2.90. The van der Waals surface area contributed by atoms with Crippen LogP contribution in [0.15, 0.2) is 16.6 Å². The lowest BCUT2D eigenvalue weighted by atomic mass is 10.1. The maximum atomic E-state index is 11.9. The Morgan fingerprint density at radius 1 is 1.28 bits per heavy atom. The van der Waals surface area contributed by atoms with Gasteiger partial charge in [0.05, 0.1) is 19.8 Å². The van der Waals surface area contributed by atoms with E-state index in [1.165, 1.54) is 0 Å². The average Bonchev–Trinajstić information content (AvgIpc) is 2.93. The zero-order chi connectivity index (χ0) is 18.6. The summed E-state index contributed by atoms with van der Waals surface area (Å²) in [5.74, 6) is 1.57. The molecule has 1 aliphatic rings. The molecule has 1 heterocycles. The van der Waals surface area contributed by atoms with Crippen LogP contribution in [0, 0.1) is 0 Å². The van der Waals surface area contributed by atoms with E-state index in [0.717, 1.165) is 41.0 Å². The molecule has 1 aromatic carbocycles. The first-order valence-corrected chi connectivity index (χ1v) is 9.13. The first-order chi connectivity index (χ1) is 11.7. The van der Waals surface area contributed by atoms with Gasteiger partial charge in [0.2, 0.25) is 0 Å². The molecule has 0 aliphatic carbocycles. The Hall–Kier alpha value is -1.47. The first kappa shape index (κ1) is 19.8. The minimum atomic E-state index is -0.486. The molecule has 140 valence electrons. The molecule has 0 bridgehead atoms. The lowest BCUT2D eigenvalue weighted by Gasteiger charge is -2.22. The number of ether oxygens (including phenoxy) is 3. The molecular formula is C18H27BrN2O4. The Kier molecular flexibility index (Phi) is 6.57. The third-order valence-corrected chi connectivity index (χ3v) is 4.41. The SMILES string of the molecule is COc1cc(Br)cc(OC)c1CN1CCC(NC(=O)OC(C)(C)C)C1. The molecular weight excluding hydrogens is 388 g/mol. The number of hydrogen-bond donors (Lipinski definition) is 1. The minimum absolute atomic E-state index is 0.0855. The number of amides is 1. The number of nitrogens with zero attached hydrogens (tertiary/aromatic N) is 1. The van der Waals surface area contributed by atoms with Crippen molar-refractivity contribution >= 4 is 22.0 Å². The minimum Gasteiger partial charge on any atom is -0.496 e. The van der Waals surface area contributed by atoms with E-state index in [-0.39, 0.29) is 12.1 Å². The zero-order valence-corrected chi connectivity index (χ0v) is 17.1. The lowest BCUT2D eigenvalue weighted by molar-refractivity contribution is 0.0505. The molecule has 1 aliphatic heterocycles. The van der Waals surface area contributed by atoms with Crippen LogP contribution in [0.25, 0.3) is 0 Å². The van der Waals surface area contributed by atoms with E-state index >= 15 is 0 Å². The van der Waals surface area contributed by atoms with Crippen molar-refractivity contribution in [1.29, 1.82) is 0 Å². The monoisotopic (exact) mass is 414 g/mol. The van der Waals surface area contributed by atoms with E-state index in [2.05, 4.69) is 26.1 Å². The number of likely N-dealkylation sites (tertiary alicyclic amines) is 1. The zero-order valence-electron chi connectivity index (χ0n) is 15.5. The molecule has 0 radical (unpaired) electrons. The molecule has 7 heteroatoms. The summed E-state index contributed by atoms with van der Waals surface area (Å²) >= 11 is 3.47. The number of carbonyl (C=O) groups is 1. The Morgan fingerprint density at radius 2 is 1.88 bits per heavy atom. The molecule has 1 fully saturated rings. The highest BCUT2D eigenvalue weighted by atomic mass is 79.9. The number of rotatable bonds is 5. The Balaban J connectivity index is 1.98. The van der Waals surface area contributed by atoms with E-state index < -0.39 is 5.60 Å². The third kappa shape index (κ3) is 5.78. The molecule has 1 atom stereocenters. The maximum Gasteiger partial charge on any atom is 0.407 e. The number of hydrogen-bond acceptors (Lipinski definition) is 5. The first-order valence-electron chi connectivity index (χ1n) is 8.34. The van der Waals surface area contributed by atoms with Crippen molar-refractivity contribution in [2.24, 2.45) is 0 Å². The largest absolute Gasteiger partial charge is 0.496 e. The van der Waals surface area contributed by atoms with Gasteiger partial charge in [-0.25, -0.2) is 4.79 Å². The second-order valence-electron chi connectivity index (χ2n) is 7.16. The van der Waals surface area contributed by atoms with Crippen LogP contribution in [0.4, 0.5) is 4.79 Å². The van der Waals surface area contributed by atoms with Gasteiger partial charge in [-0.15, -0.1) is 0 Å². The van der Waals surface area contributed by atoms with Crippen molar-refractivity contribution in [1.82, 2.24) is 10.2 Å². The molecule has 1 aromatic rings. The molecule has 6 nitrogen and oxygen atoms in total. The Labute approximate surface area is 157 Å². The summed E-state index contributed by atoms with van der Waals surface area (Å²) in [6.45, 7) is 7.94. The van der Waals surface area contributed by atoms with Gasteiger partial charge in [-0.3, -0.25) is 4.90 Å². The highest BCUT2D eigenvalue weighted by Crippen LogP contribution is 2.34. The van der Waals surface area contributed by atoms with E-state index in [1.54, 1.807) is 14.2 Å². The van der Waals surface area contributed by atoms with Crippen LogP contribution in [0.5, 0.6) is 11.5 Å². The number of carbonyl (C=O) groups excluding carboxylic acids is 1. The molecule has 1 saturated heterocycles. The smallest absolute Gasteiger partial charge is 0.407 e. The van der Waals surface area contributed by atoms with Crippen molar-refractivity contribution < 1.29 is 19.0 Å². The topological polar surface area (TPSA) is 60.0 Å². The van der Waals surface area contributed by atoms with E-state index in [9.17, 15) is 4.79 Å². The van der Waals surface area contributed by atoms with Gasteiger partial charge in [0.25, 0.3) is 0 Å². The van der Waals surface area contributed by atoms with Crippen LogP contribution in [0.2, 0.25) is 0 Å². The summed E-state index contributed by atoms with van der Waals surface area (Å²) < 4.78 is 17.2. The van der Waals surface area contributed by atoms with Crippen molar-refractivity contribution in [3.05, 3.63) is 22.2 Å². The standard InChI is InChI=1S/C18H27BrN2O4/c1-18(2,3)25-17(22)20-13-6-7-21(10-13)11-14-15(23-4)8-12(19)9-16(14)24-5/h8-9,13H,6-7,10-11H2,1-5H3,(H,20,22). The predicted molar refractivity (Wildman–Crippen MR) is 100 cm³/mol.